The molecule has 1 fully saturated rings. The van der Waals surface area contributed by atoms with E-state index in [9.17, 15) is 4.79 Å². The normalized spacial score (nSPS) is 16.3. The molecule has 1 aromatic heterocycles. The average molecular weight is 341 g/mol. The van der Waals surface area contributed by atoms with Crippen molar-refractivity contribution in [2.45, 2.75) is 6.42 Å². The average Bonchev–Trinajstić information content (AvgIpc) is 3.13. The summed E-state index contributed by atoms with van der Waals surface area (Å²) in [6.07, 6.45) is 4.25. The van der Waals surface area contributed by atoms with Crippen LogP contribution in [0, 0.1) is 0 Å². The van der Waals surface area contributed by atoms with Crippen molar-refractivity contribution in [3.8, 4) is 11.3 Å². The quantitative estimate of drug-likeness (QED) is 0.447. The van der Waals surface area contributed by atoms with Crippen LogP contribution in [0.25, 0.3) is 17.4 Å². The number of carbonyl (C=O) groups is 1. The Bertz CT molecular complexity index is 777. The molecule has 1 amide bonds. The molecule has 0 saturated carbocycles. The Balaban J connectivity index is 1.80. The predicted octanol–water partition coefficient (Wildman–Crippen LogP) is 4.72. The summed E-state index contributed by atoms with van der Waals surface area (Å²) in [6, 6.07) is 13.6. The number of hydrogen-bond acceptors (Lipinski definition) is 4. The summed E-state index contributed by atoms with van der Waals surface area (Å²) < 4.78 is 6.39. The van der Waals surface area contributed by atoms with Crippen LogP contribution in [0.1, 0.15) is 12.2 Å². The van der Waals surface area contributed by atoms with Crippen LogP contribution < -0.4 is 0 Å². The molecule has 3 rings (SSSR count). The van der Waals surface area contributed by atoms with E-state index in [1.807, 2.05) is 42.5 Å². The Labute approximate surface area is 144 Å². The molecule has 116 valence electrons. The zero-order chi connectivity index (χ0) is 16.2. The highest BCUT2D eigenvalue weighted by molar-refractivity contribution is 8.26. The summed E-state index contributed by atoms with van der Waals surface area (Å²) in [7, 11) is 0. The fraction of sp³-hybridized carbons (Fsp3) is 0.111. The van der Waals surface area contributed by atoms with Crippen LogP contribution in [0.3, 0.4) is 0 Å². The van der Waals surface area contributed by atoms with Crippen molar-refractivity contribution < 1.29 is 9.21 Å². The molecule has 5 heteroatoms. The van der Waals surface area contributed by atoms with Gasteiger partial charge in [0.1, 0.15) is 15.8 Å². The number of carbonyl (C=O) groups excluding carboxylic acids is 1. The van der Waals surface area contributed by atoms with E-state index in [0.717, 1.165) is 17.7 Å². The van der Waals surface area contributed by atoms with Gasteiger partial charge < -0.3 is 4.42 Å². The Kier molecular flexibility index (Phi) is 4.79. The van der Waals surface area contributed by atoms with E-state index < -0.39 is 0 Å². The van der Waals surface area contributed by atoms with E-state index in [2.05, 4.69) is 6.58 Å². The zero-order valence-corrected chi connectivity index (χ0v) is 14.0. The molecule has 3 nitrogen and oxygen atoms in total. The summed E-state index contributed by atoms with van der Waals surface area (Å²) in [4.78, 5) is 14.6. The number of thioether (sulfide) groups is 1. The molecule has 23 heavy (non-hydrogen) atoms. The number of benzene rings is 1. The van der Waals surface area contributed by atoms with Gasteiger partial charge in [-0.15, -0.1) is 6.58 Å². The van der Waals surface area contributed by atoms with Gasteiger partial charge in [-0.05, 0) is 18.6 Å². The van der Waals surface area contributed by atoms with E-state index >= 15 is 0 Å². The second kappa shape index (κ2) is 6.98. The highest BCUT2D eigenvalue weighted by Crippen LogP contribution is 2.33. The lowest BCUT2D eigenvalue weighted by Crippen LogP contribution is -2.28. The van der Waals surface area contributed by atoms with Gasteiger partial charge in [-0.25, -0.2) is 0 Å². The van der Waals surface area contributed by atoms with E-state index in [4.69, 9.17) is 16.6 Å². The van der Waals surface area contributed by atoms with Gasteiger partial charge in [0.25, 0.3) is 5.91 Å². The third-order valence-corrected chi connectivity index (χ3v) is 4.77. The molecule has 1 saturated heterocycles. The zero-order valence-electron chi connectivity index (χ0n) is 12.4. The molecular formula is C18H15NO2S2. The maximum atomic E-state index is 12.4. The van der Waals surface area contributed by atoms with Gasteiger partial charge in [0.15, 0.2) is 0 Å². The first-order chi connectivity index (χ1) is 11.2. The van der Waals surface area contributed by atoms with Crippen LogP contribution in [0.2, 0.25) is 0 Å². The van der Waals surface area contributed by atoms with Crippen molar-refractivity contribution in [1.82, 2.24) is 4.90 Å². The SMILES string of the molecule is C=CCCN1C(=O)/C(=C/c2ccc(-c3ccccc3)o2)SC1=S. The summed E-state index contributed by atoms with van der Waals surface area (Å²) in [5, 5.41) is 0. The van der Waals surface area contributed by atoms with E-state index in [-0.39, 0.29) is 5.91 Å². The molecule has 2 aromatic rings. The van der Waals surface area contributed by atoms with Gasteiger partial charge in [0.2, 0.25) is 0 Å². The molecule has 0 radical (unpaired) electrons. The first-order valence-electron chi connectivity index (χ1n) is 7.20. The minimum absolute atomic E-state index is 0.0699. The molecule has 2 heterocycles. The Morgan fingerprint density at radius 1 is 1.22 bits per heavy atom. The molecular weight excluding hydrogens is 326 g/mol. The van der Waals surface area contributed by atoms with E-state index in [1.165, 1.54) is 11.8 Å². The lowest BCUT2D eigenvalue weighted by molar-refractivity contribution is -0.122. The first kappa shape index (κ1) is 15.8. The first-order valence-corrected chi connectivity index (χ1v) is 8.43. The summed E-state index contributed by atoms with van der Waals surface area (Å²) in [5.41, 5.74) is 1.01. The van der Waals surface area contributed by atoms with E-state index in [0.29, 0.717) is 21.5 Å². The van der Waals surface area contributed by atoms with Crippen LogP contribution in [0.5, 0.6) is 0 Å². The number of furan rings is 1. The lowest BCUT2D eigenvalue weighted by Gasteiger charge is -2.12. The molecule has 0 N–H and O–H groups in total. The number of amides is 1. The lowest BCUT2D eigenvalue weighted by atomic mass is 10.2. The maximum absolute atomic E-state index is 12.4. The topological polar surface area (TPSA) is 33.5 Å². The van der Waals surface area contributed by atoms with Crippen molar-refractivity contribution in [1.29, 1.82) is 0 Å². The summed E-state index contributed by atoms with van der Waals surface area (Å²) in [6.45, 7) is 4.24. The maximum Gasteiger partial charge on any atom is 0.266 e. The monoisotopic (exact) mass is 341 g/mol. The van der Waals surface area contributed by atoms with Gasteiger partial charge in [0, 0.05) is 18.2 Å². The minimum Gasteiger partial charge on any atom is -0.457 e. The van der Waals surface area contributed by atoms with Crippen molar-refractivity contribution in [2.75, 3.05) is 6.54 Å². The molecule has 0 aliphatic carbocycles. The standard InChI is InChI=1S/C18H15NO2S2/c1-2-3-11-19-17(20)16(23-18(19)22)12-14-9-10-15(21-14)13-7-5-4-6-8-13/h2,4-10,12H,1,3,11H2/b16-12-. The number of hydrogen-bond donors (Lipinski definition) is 0. The second-order valence-electron chi connectivity index (χ2n) is 4.98. The molecule has 1 aliphatic rings. The van der Waals surface area contributed by atoms with Crippen LogP contribution >= 0.6 is 24.0 Å². The summed E-state index contributed by atoms with van der Waals surface area (Å²) >= 11 is 6.58. The molecule has 1 aromatic carbocycles. The predicted molar refractivity (Wildman–Crippen MR) is 98.8 cm³/mol. The molecule has 0 unspecified atom stereocenters. The molecule has 0 spiro atoms. The summed E-state index contributed by atoms with van der Waals surface area (Å²) in [5.74, 6) is 1.35. The van der Waals surface area contributed by atoms with Gasteiger partial charge in [-0.3, -0.25) is 9.69 Å². The highest BCUT2D eigenvalue weighted by atomic mass is 32.2. The van der Waals surface area contributed by atoms with Crippen molar-refractivity contribution >= 4 is 40.3 Å². The molecule has 0 bridgehead atoms. The Hall–Kier alpha value is -2.11. The van der Waals surface area contributed by atoms with Crippen LogP contribution in [0.4, 0.5) is 0 Å². The fourth-order valence-electron chi connectivity index (χ4n) is 2.23. The largest absolute Gasteiger partial charge is 0.457 e. The van der Waals surface area contributed by atoms with Gasteiger partial charge in [-0.2, -0.15) is 0 Å². The second-order valence-corrected chi connectivity index (χ2v) is 6.65. The van der Waals surface area contributed by atoms with E-state index in [1.54, 1.807) is 17.1 Å². The minimum atomic E-state index is -0.0699. The Morgan fingerprint density at radius 2 is 2.00 bits per heavy atom. The molecule has 0 atom stereocenters. The molecule has 1 aliphatic heterocycles. The highest BCUT2D eigenvalue weighted by Gasteiger charge is 2.31. The number of rotatable bonds is 5. The van der Waals surface area contributed by atoms with Crippen LogP contribution in [-0.4, -0.2) is 21.7 Å². The fourth-order valence-corrected chi connectivity index (χ4v) is 3.52. The van der Waals surface area contributed by atoms with Crippen molar-refractivity contribution in [2.24, 2.45) is 0 Å². The number of nitrogens with zero attached hydrogens (tertiary/aromatic N) is 1. The van der Waals surface area contributed by atoms with Gasteiger partial charge in [0.05, 0.1) is 4.91 Å². The third kappa shape index (κ3) is 3.46. The third-order valence-electron chi connectivity index (χ3n) is 3.39. The van der Waals surface area contributed by atoms with Crippen molar-refractivity contribution in [3.63, 3.8) is 0 Å². The van der Waals surface area contributed by atoms with Crippen LogP contribution in [-0.2, 0) is 4.79 Å². The van der Waals surface area contributed by atoms with Gasteiger partial charge in [-0.1, -0.05) is 60.4 Å². The van der Waals surface area contributed by atoms with Crippen molar-refractivity contribution in [3.05, 3.63) is 65.8 Å². The van der Waals surface area contributed by atoms with Crippen LogP contribution in [0.15, 0.2) is 64.4 Å². The number of thiocarbonyl (C=S) groups is 1. The Morgan fingerprint density at radius 3 is 2.74 bits per heavy atom. The smallest absolute Gasteiger partial charge is 0.266 e. The van der Waals surface area contributed by atoms with Gasteiger partial charge >= 0.3 is 0 Å².